The molecule has 0 aliphatic rings. The van der Waals surface area contributed by atoms with Crippen molar-refractivity contribution in [3.63, 3.8) is 0 Å². The van der Waals surface area contributed by atoms with Gasteiger partial charge in [-0.25, -0.2) is 0 Å². The molecule has 1 unspecified atom stereocenters. The van der Waals surface area contributed by atoms with Crippen LogP contribution in [-0.2, 0) is 15.3 Å². The fourth-order valence-corrected chi connectivity index (χ4v) is 4.55. The predicted molar refractivity (Wildman–Crippen MR) is 135 cm³/mol. The highest BCUT2D eigenvalue weighted by Gasteiger charge is 2.42. The number of benzene rings is 1. The van der Waals surface area contributed by atoms with E-state index in [0.717, 1.165) is 32.5 Å². The van der Waals surface area contributed by atoms with Gasteiger partial charge in [0, 0.05) is 11.5 Å². The van der Waals surface area contributed by atoms with E-state index in [9.17, 15) is 0 Å². The van der Waals surface area contributed by atoms with Crippen LogP contribution in [0, 0.1) is 5.92 Å². The lowest BCUT2D eigenvalue weighted by molar-refractivity contribution is -0.281. The van der Waals surface area contributed by atoms with Crippen LogP contribution in [0.15, 0.2) is 30.3 Å². The molecule has 1 rings (SSSR count). The van der Waals surface area contributed by atoms with Crippen molar-refractivity contribution in [3.8, 4) is 0 Å². The molecule has 2 heteroatoms. The molecule has 1 aromatic rings. The third kappa shape index (κ3) is 11.0. The van der Waals surface area contributed by atoms with Crippen LogP contribution in [0.2, 0.25) is 0 Å². The summed E-state index contributed by atoms with van der Waals surface area (Å²) < 4.78 is 13.6. The van der Waals surface area contributed by atoms with E-state index in [1.54, 1.807) is 0 Å². The number of ether oxygens (including phenoxy) is 2. The van der Waals surface area contributed by atoms with E-state index in [4.69, 9.17) is 9.47 Å². The second kappa shape index (κ2) is 18.7. The van der Waals surface area contributed by atoms with Crippen LogP contribution in [-0.4, -0.2) is 13.2 Å². The minimum absolute atomic E-state index is 0.411. The Morgan fingerprint density at radius 1 is 0.581 bits per heavy atom. The molecule has 2 nitrogen and oxygen atoms in total. The van der Waals surface area contributed by atoms with Crippen molar-refractivity contribution in [3.05, 3.63) is 35.9 Å². The maximum atomic E-state index is 6.79. The van der Waals surface area contributed by atoms with E-state index >= 15 is 0 Å². The molecule has 180 valence electrons. The second-order valence-corrected chi connectivity index (χ2v) is 9.19. The van der Waals surface area contributed by atoms with E-state index in [1.165, 1.54) is 82.6 Å². The molecular weight excluding hydrogens is 380 g/mol. The Kier molecular flexibility index (Phi) is 17.0. The zero-order valence-corrected chi connectivity index (χ0v) is 21.3. The third-order valence-electron chi connectivity index (χ3n) is 6.39. The van der Waals surface area contributed by atoms with Gasteiger partial charge in [0.15, 0.2) is 5.79 Å². The molecule has 0 radical (unpaired) electrons. The summed E-state index contributed by atoms with van der Waals surface area (Å²) in [6, 6.07) is 10.8. The first-order chi connectivity index (χ1) is 15.2. The zero-order valence-electron chi connectivity index (χ0n) is 21.3. The first kappa shape index (κ1) is 28.2. The molecule has 0 amide bonds. The molecule has 0 aliphatic carbocycles. The summed E-state index contributed by atoms with van der Waals surface area (Å²) in [5.74, 6) is -0.184. The van der Waals surface area contributed by atoms with Crippen molar-refractivity contribution < 1.29 is 9.47 Å². The van der Waals surface area contributed by atoms with Gasteiger partial charge < -0.3 is 9.47 Å². The van der Waals surface area contributed by atoms with Crippen molar-refractivity contribution >= 4 is 0 Å². The van der Waals surface area contributed by atoms with Gasteiger partial charge in [0.05, 0.1) is 13.2 Å². The van der Waals surface area contributed by atoms with Crippen molar-refractivity contribution in [2.24, 2.45) is 5.92 Å². The fourth-order valence-electron chi connectivity index (χ4n) is 4.55. The average Bonchev–Trinajstić information content (AvgIpc) is 2.80. The molecule has 0 bridgehead atoms. The number of hydrogen-bond acceptors (Lipinski definition) is 2. The zero-order chi connectivity index (χ0) is 22.6. The Bertz CT molecular complexity index is 487. The van der Waals surface area contributed by atoms with Crippen LogP contribution in [0.1, 0.15) is 130 Å². The normalized spacial score (nSPS) is 12.9. The lowest BCUT2D eigenvalue weighted by Crippen LogP contribution is -2.42. The molecule has 0 aromatic heterocycles. The van der Waals surface area contributed by atoms with Crippen LogP contribution in [0.3, 0.4) is 0 Å². The van der Waals surface area contributed by atoms with E-state index in [0.29, 0.717) is 5.92 Å². The topological polar surface area (TPSA) is 18.5 Å². The smallest absolute Gasteiger partial charge is 0.197 e. The summed E-state index contributed by atoms with van der Waals surface area (Å²) in [6.45, 7) is 10.7. The van der Waals surface area contributed by atoms with Crippen LogP contribution in [0.5, 0.6) is 0 Å². The van der Waals surface area contributed by atoms with Gasteiger partial charge in [-0.05, 0) is 25.7 Å². The van der Waals surface area contributed by atoms with Gasteiger partial charge >= 0.3 is 0 Å². The van der Waals surface area contributed by atoms with Crippen molar-refractivity contribution in [1.82, 2.24) is 0 Å². The van der Waals surface area contributed by atoms with Crippen molar-refractivity contribution in [1.29, 1.82) is 0 Å². The molecule has 1 atom stereocenters. The first-order valence-electron chi connectivity index (χ1n) is 13.6. The third-order valence-corrected chi connectivity index (χ3v) is 6.39. The van der Waals surface area contributed by atoms with Crippen LogP contribution < -0.4 is 0 Å². The van der Waals surface area contributed by atoms with Crippen LogP contribution in [0.25, 0.3) is 0 Å². The summed E-state index contributed by atoms with van der Waals surface area (Å²) in [7, 11) is 0. The maximum absolute atomic E-state index is 6.79. The van der Waals surface area contributed by atoms with E-state index in [-0.39, 0.29) is 0 Å². The number of unbranched alkanes of at least 4 members (excludes halogenated alkanes) is 9. The summed E-state index contributed by atoms with van der Waals surface area (Å²) in [4.78, 5) is 0. The Balaban J connectivity index is 3.03. The van der Waals surface area contributed by atoms with Gasteiger partial charge in [0.25, 0.3) is 0 Å². The molecule has 0 fully saturated rings. The molecule has 0 saturated heterocycles. The summed E-state index contributed by atoms with van der Waals surface area (Å²) in [6.07, 6.45) is 18.6. The quantitative estimate of drug-likeness (QED) is 0.142. The van der Waals surface area contributed by atoms with E-state index in [1.807, 2.05) is 0 Å². The van der Waals surface area contributed by atoms with E-state index in [2.05, 4.69) is 58.0 Å². The SMILES string of the molecule is CCCCCCCCC(CCC)C(OCCCCC)(OCCCCC)c1ccccc1. The minimum Gasteiger partial charge on any atom is -0.346 e. The minimum atomic E-state index is -0.595. The first-order valence-corrected chi connectivity index (χ1v) is 13.6. The fraction of sp³-hybridized carbons (Fsp3) is 0.793. The van der Waals surface area contributed by atoms with Gasteiger partial charge in [-0.2, -0.15) is 0 Å². The molecule has 0 saturated carbocycles. The Morgan fingerprint density at radius 2 is 1.10 bits per heavy atom. The lowest BCUT2D eigenvalue weighted by atomic mass is 9.83. The van der Waals surface area contributed by atoms with Crippen LogP contribution in [0.4, 0.5) is 0 Å². The summed E-state index contributed by atoms with van der Waals surface area (Å²) in [5, 5.41) is 0. The van der Waals surface area contributed by atoms with Gasteiger partial charge in [-0.1, -0.05) is 129 Å². The highest BCUT2D eigenvalue weighted by molar-refractivity contribution is 5.21. The monoisotopic (exact) mass is 432 g/mol. The standard InChI is InChI=1S/C29H52O2/c1-5-9-12-13-14-16-22-27(21-8-4)29(30-25-19-10-6-2,31-26-20-11-7-3)28-23-17-15-18-24-28/h15,17-18,23-24,27H,5-14,16,19-22,25-26H2,1-4H3. The molecule has 0 N–H and O–H groups in total. The predicted octanol–water partition coefficient (Wildman–Crippen LogP) is 9.42. The Labute approximate surface area is 194 Å². The number of rotatable bonds is 21. The van der Waals surface area contributed by atoms with E-state index < -0.39 is 5.79 Å². The maximum Gasteiger partial charge on any atom is 0.197 e. The Morgan fingerprint density at radius 3 is 1.65 bits per heavy atom. The van der Waals surface area contributed by atoms with Crippen LogP contribution >= 0.6 is 0 Å². The summed E-state index contributed by atoms with van der Waals surface area (Å²) >= 11 is 0. The molecule has 0 spiro atoms. The number of hydrogen-bond donors (Lipinski definition) is 0. The van der Waals surface area contributed by atoms with Gasteiger partial charge in [0.2, 0.25) is 0 Å². The largest absolute Gasteiger partial charge is 0.346 e. The molecule has 31 heavy (non-hydrogen) atoms. The van der Waals surface area contributed by atoms with Crippen molar-refractivity contribution in [2.45, 2.75) is 130 Å². The second-order valence-electron chi connectivity index (χ2n) is 9.19. The van der Waals surface area contributed by atoms with Gasteiger partial charge in [-0.15, -0.1) is 0 Å². The molecule has 1 aromatic carbocycles. The highest BCUT2D eigenvalue weighted by atomic mass is 16.7. The highest BCUT2D eigenvalue weighted by Crippen LogP contribution is 2.41. The Hall–Kier alpha value is -0.860. The molecule has 0 heterocycles. The van der Waals surface area contributed by atoms with Gasteiger partial charge in [0.1, 0.15) is 0 Å². The molecule has 0 aliphatic heterocycles. The molecular formula is C29H52O2. The summed E-state index contributed by atoms with van der Waals surface area (Å²) in [5.41, 5.74) is 1.22. The van der Waals surface area contributed by atoms with Gasteiger partial charge in [-0.3, -0.25) is 0 Å². The van der Waals surface area contributed by atoms with Crippen molar-refractivity contribution in [2.75, 3.05) is 13.2 Å². The lowest BCUT2D eigenvalue weighted by Gasteiger charge is -2.41. The average molecular weight is 433 g/mol.